The van der Waals surface area contributed by atoms with Crippen LogP contribution >= 0.6 is 0 Å². The molecule has 1 amide bonds. The average Bonchev–Trinajstić information content (AvgIpc) is 3.33. The van der Waals surface area contributed by atoms with Crippen LogP contribution in [0.15, 0.2) is 24.3 Å². The number of hydrogen-bond acceptors (Lipinski definition) is 5. The Kier molecular flexibility index (Phi) is 55.5. The van der Waals surface area contributed by atoms with Gasteiger partial charge in [-0.1, -0.05) is 256 Å². The number of carbonyl (C=O) groups is 2. The first kappa shape index (κ1) is 65.3. The molecule has 6 nitrogen and oxygen atoms in total. The van der Waals surface area contributed by atoms with E-state index in [1.807, 2.05) is 0 Å². The van der Waals surface area contributed by atoms with Crippen molar-refractivity contribution < 1.29 is 24.5 Å². The minimum atomic E-state index is -0.682. The van der Waals surface area contributed by atoms with Gasteiger partial charge in [-0.05, 0) is 83.5 Å². The Morgan fingerprint density at radius 3 is 1.06 bits per heavy atom. The number of aliphatic hydroxyl groups excluding tert-OH is 2. The smallest absolute Gasteiger partial charge is 0.305 e. The summed E-state index contributed by atoms with van der Waals surface area (Å²) < 4.78 is 5.45. The molecule has 0 aromatic carbocycles. The van der Waals surface area contributed by atoms with Gasteiger partial charge >= 0.3 is 5.97 Å². The van der Waals surface area contributed by atoms with E-state index < -0.39 is 12.1 Å². The first-order valence-corrected chi connectivity index (χ1v) is 30.1. The van der Waals surface area contributed by atoms with Crippen molar-refractivity contribution in [3.05, 3.63) is 24.3 Å². The molecule has 0 aliphatic rings. The third kappa shape index (κ3) is 53.5. The van der Waals surface area contributed by atoms with Gasteiger partial charge in [0, 0.05) is 12.8 Å². The molecule has 2 unspecified atom stereocenters. The molecule has 0 aliphatic heterocycles. The highest BCUT2D eigenvalue weighted by atomic mass is 16.5. The van der Waals surface area contributed by atoms with E-state index in [2.05, 4.69) is 43.5 Å². The maximum Gasteiger partial charge on any atom is 0.305 e. The highest BCUT2D eigenvalue weighted by molar-refractivity contribution is 5.76. The van der Waals surface area contributed by atoms with Crippen LogP contribution in [-0.2, 0) is 14.3 Å². The number of ether oxygens (including phenoxy) is 1. The van der Waals surface area contributed by atoms with Crippen LogP contribution in [0.3, 0.4) is 0 Å². The van der Waals surface area contributed by atoms with Crippen molar-refractivity contribution in [2.75, 3.05) is 13.2 Å². The Morgan fingerprint density at radius 1 is 0.403 bits per heavy atom. The van der Waals surface area contributed by atoms with Gasteiger partial charge in [0.2, 0.25) is 5.91 Å². The van der Waals surface area contributed by atoms with Crippen LogP contribution < -0.4 is 5.32 Å². The molecule has 0 spiro atoms. The number of amides is 1. The van der Waals surface area contributed by atoms with Crippen molar-refractivity contribution in [2.24, 2.45) is 0 Å². The summed E-state index contributed by atoms with van der Waals surface area (Å²) in [6.45, 7) is 4.90. The average molecular weight is 945 g/mol. The summed E-state index contributed by atoms with van der Waals surface area (Å²) in [4.78, 5) is 24.5. The molecule has 0 heterocycles. The first-order valence-electron chi connectivity index (χ1n) is 30.1. The van der Waals surface area contributed by atoms with Crippen LogP contribution in [0.1, 0.15) is 328 Å². The van der Waals surface area contributed by atoms with Crippen molar-refractivity contribution in [1.82, 2.24) is 5.32 Å². The number of esters is 1. The van der Waals surface area contributed by atoms with Crippen LogP contribution in [-0.4, -0.2) is 47.4 Å². The Balaban J connectivity index is 3.49. The number of nitrogens with one attached hydrogen (secondary N) is 1. The number of rotatable bonds is 56. The Morgan fingerprint density at radius 2 is 0.701 bits per heavy atom. The number of unbranched alkanes of at least 4 members (excludes halogenated alkanes) is 41. The zero-order valence-electron chi connectivity index (χ0n) is 45.1. The maximum atomic E-state index is 12.5. The molecule has 6 heteroatoms. The Hall–Kier alpha value is -1.66. The number of carbonyl (C=O) groups excluding carboxylic acids is 2. The molecule has 67 heavy (non-hydrogen) atoms. The molecule has 0 saturated heterocycles. The van der Waals surface area contributed by atoms with Gasteiger partial charge < -0.3 is 20.3 Å². The van der Waals surface area contributed by atoms with Crippen LogP contribution in [0.2, 0.25) is 0 Å². The van der Waals surface area contributed by atoms with Crippen molar-refractivity contribution in [2.45, 2.75) is 341 Å². The lowest BCUT2D eigenvalue weighted by atomic mass is 10.0. The van der Waals surface area contributed by atoms with Gasteiger partial charge in [0.1, 0.15) is 0 Å². The van der Waals surface area contributed by atoms with E-state index in [0.717, 1.165) is 77.0 Å². The summed E-state index contributed by atoms with van der Waals surface area (Å²) in [5, 5.41) is 23.3. The maximum absolute atomic E-state index is 12.5. The standard InChI is InChI=1S/C61H117NO5/c1-3-5-7-9-11-13-15-17-19-20-21-22-23-24-25-26-27-28-29-33-37-41-45-49-53-59(64)58(57-63)62-60(65)54-50-46-42-38-34-31-32-36-40-44-48-52-56-67-61(66)55-51-47-43-39-35-30-18-16-14-12-10-8-6-4-2/h16,18,32,36,58-59,63-64H,3-15,17,19-31,33-35,37-57H2,1-2H3,(H,62,65)/b18-16-,36-32-. The molecule has 3 N–H and O–H groups in total. The van der Waals surface area contributed by atoms with Crippen molar-refractivity contribution in [3.8, 4) is 0 Å². The lowest BCUT2D eigenvalue weighted by molar-refractivity contribution is -0.143. The summed E-state index contributed by atoms with van der Waals surface area (Å²) in [6.07, 6.45) is 68.9. The lowest BCUT2D eigenvalue weighted by Crippen LogP contribution is -2.45. The first-order chi connectivity index (χ1) is 33.0. The molecule has 0 aliphatic carbocycles. The summed E-state index contributed by atoms with van der Waals surface area (Å²) in [6, 6.07) is -0.562. The van der Waals surface area contributed by atoms with Gasteiger partial charge in [-0.3, -0.25) is 9.59 Å². The van der Waals surface area contributed by atoms with Gasteiger partial charge in [0.15, 0.2) is 0 Å². The number of aliphatic hydroxyl groups is 2. The highest BCUT2D eigenvalue weighted by Gasteiger charge is 2.20. The summed E-state index contributed by atoms with van der Waals surface area (Å²) in [5.41, 5.74) is 0. The van der Waals surface area contributed by atoms with Gasteiger partial charge in [-0.25, -0.2) is 0 Å². The van der Waals surface area contributed by atoms with E-state index in [0.29, 0.717) is 25.9 Å². The van der Waals surface area contributed by atoms with Gasteiger partial charge in [-0.2, -0.15) is 0 Å². The SMILES string of the molecule is CCCCCCC/C=C\CCCCCCCC(=O)OCCCCC/C=C\CCCCCCCC(=O)NC(CO)C(O)CCCCCCCCCCCCCCCCCCCCCCCCCC. The molecule has 0 fully saturated rings. The fourth-order valence-electron chi connectivity index (χ4n) is 9.34. The highest BCUT2D eigenvalue weighted by Crippen LogP contribution is 2.17. The normalized spacial score (nSPS) is 12.7. The van der Waals surface area contributed by atoms with Crippen LogP contribution in [0.5, 0.6) is 0 Å². The zero-order chi connectivity index (χ0) is 48.6. The number of hydrogen-bond donors (Lipinski definition) is 3. The van der Waals surface area contributed by atoms with E-state index in [4.69, 9.17) is 4.74 Å². The fraction of sp³-hybridized carbons (Fsp3) is 0.902. The second-order valence-electron chi connectivity index (χ2n) is 20.7. The quantitative estimate of drug-likeness (QED) is 0.0321. The molecule has 0 bridgehead atoms. The molecule has 0 rings (SSSR count). The van der Waals surface area contributed by atoms with Crippen molar-refractivity contribution >= 4 is 11.9 Å². The van der Waals surface area contributed by atoms with E-state index >= 15 is 0 Å². The molecular weight excluding hydrogens is 827 g/mol. The molecule has 0 aromatic heterocycles. The van der Waals surface area contributed by atoms with E-state index in [1.54, 1.807) is 0 Å². The van der Waals surface area contributed by atoms with Gasteiger partial charge in [0.05, 0.1) is 25.4 Å². The van der Waals surface area contributed by atoms with Crippen LogP contribution in [0.25, 0.3) is 0 Å². The third-order valence-corrected chi connectivity index (χ3v) is 14.0. The predicted octanol–water partition coefficient (Wildman–Crippen LogP) is 18.6. The monoisotopic (exact) mass is 944 g/mol. The third-order valence-electron chi connectivity index (χ3n) is 14.0. The molecule has 396 valence electrons. The fourth-order valence-corrected chi connectivity index (χ4v) is 9.34. The minimum absolute atomic E-state index is 0.0304. The topological polar surface area (TPSA) is 95.9 Å². The summed E-state index contributed by atoms with van der Waals surface area (Å²) in [7, 11) is 0. The Labute approximate surface area is 418 Å². The van der Waals surface area contributed by atoms with E-state index in [-0.39, 0.29) is 18.5 Å². The van der Waals surface area contributed by atoms with Crippen LogP contribution in [0.4, 0.5) is 0 Å². The van der Waals surface area contributed by atoms with Crippen LogP contribution in [0, 0.1) is 0 Å². The minimum Gasteiger partial charge on any atom is -0.466 e. The summed E-state index contributed by atoms with van der Waals surface area (Å²) in [5.74, 6) is -0.0884. The Bertz CT molecular complexity index is 1040. The molecule has 0 radical (unpaired) electrons. The van der Waals surface area contributed by atoms with E-state index in [1.165, 1.54) is 218 Å². The largest absolute Gasteiger partial charge is 0.466 e. The van der Waals surface area contributed by atoms with Gasteiger partial charge in [-0.15, -0.1) is 0 Å². The van der Waals surface area contributed by atoms with E-state index in [9.17, 15) is 19.8 Å². The second kappa shape index (κ2) is 56.9. The second-order valence-corrected chi connectivity index (χ2v) is 20.7. The predicted molar refractivity (Wildman–Crippen MR) is 292 cm³/mol. The molecule has 2 atom stereocenters. The molecule has 0 saturated carbocycles. The van der Waals surface area contributed by atoms with Gasteiger partial charge in [0.25, 0.3) is 0 Å². The zero-order valence-corrected chi connectivity index (χ0v) is 45.1. The lowest BCUT2D eigenvalue weighted by Gasteiger charge is -2.22. The summed E-state index contributed by atoms with van der Waals surface area (Å²) >= 11 is 0. The van der Waals surface area contributed by atoms with Crippen molar-refractivity contribution in [1.29, 1.82) is 0 Å². The molecular formula is C61H117NO5. The number of allylic oxidation sites excluding steroid dienone is 4. The van der Waals surface area contributed by atoms with Crippen molar-refractivity contribution in [3.63, 3.8) is 0 Å². The molecule has 0 aromatic rings.